The summed E-state index contributed by atoms with van der Waals surface area (Å²) in [5, 5.41) is 3.34. The molecule has 3 N–H and O–H groups in total. The summed E-state index contributed by atoms with van der Waals surface area (Å²) in [5.74, 6) is 3.34. The molecule has 7 rings (SSSR count). The second-order valence-electron chi connectivity index (χ2n) is 11.3. The maximum Gasteiger partial charge on any atom is 0.231 e. The van der Waals surface area contributed by atoms with Gasteiger partial charge in [0.1, 0.15) is 5.82 Å². The first kappa shape index (κ1) is 26.2. The molecule has 5 heterocycles. The molecule has 0 radical (unpaired) electrons. The minimum Gasteiger partial charge on any atom is -0.397 e. The van der Waals surface area contributed by atoms with Crippen LogP contribution >= 0.6 is 0 Å². The molecule has 0 aliphatic carbocycles. The van der Waals surface area contributed by atoms with E-state index in [1.165, 1.54) is 12.0 Å². The zero-order valence-corrected chi connectivity index (χ0v) is 23.6. The number of para-hydroxylation sites is 2. The number of aryl methyl sites for hydroxylation is 1. The largest absolute Gasteiger partial charge is 0.397 e. The average molecular weight is 555 g/mol. The number of benzene rings is 2. The molecule has 10 heteroatoms. The normalized spacial score (nSPS) is 23.4. The summed E-state index contributed by atoms with van der Waals surface area (Å²) in [4.78, 5) is 19.8. The quantitative estimate of drug-likeness (QED) is 0.329. The van der Waals surface area contributed by atoms with Crippen molar-refractivity contribution in [2.24, 2.45) is 13.0 Å². The number of aromatic nitrogens is 4. The van der Waals surface area contributed by atoms with Gasteiger partial charge in [-0.05, 0) is 43.0 Å². The molecular formula is C31H38N8O2. The van der Waals surface area contributed by atoms with E-state index in [9.17, 15) is 0 Å². The lowest BCUT2D eigenvalue weighted by atomic mass is 9.75. The maximum absolute atomic E-state index is 6.22. The molecule has 41 heavy (non-hydrogen) atoms. The van der Waals surface area contributed by atoms with Crippen LogP contribution in [-0.2, 0) is 23.1 Å². The molecule has 2 aromatic heterocycles. The van der Waals surface area contributed by atoms with Crippen molar-refractivity contribution in [3.63, 3.8) is 0 Å². The van der Waals surface area contributed by atoms with Crippen LogP contribution in [0.2, 0.25) is 0 Å². The number of fused-ring (bicyclic) bond motifs is 1. The van der Waals surface area contributed by atoms with Crippen molar-refractivity contribution in [2.75, 3.05) is 62.0 Å². The number of nitrogens with two attached hydrogens (primary N) is 1. The summed E-state index contributed by atoms with van der Waals surface area (Å²) in [5.41, 5.74) is 10.7. The fourth-order valence-corrected chi connectivity index (χ4v) is 6.49. The highest BCUT2D eigenvalue weighted by molar-refractivity contribution is 5.86. The van der Waals surface area contributed by atoms with Crippen LogP contribution in [-0.4, -0.2) is 76.5 Å². The summed E-state index contributed by atoms with van der Waals surface area (Å²) >= 11 is 0. The molecule has 0 saturated carbocycles. The van der Waals surface area contributed by atoms with E-state index in [0.717, 1.165) is 74.2 Å². The number of likely N-dealkylation sites (tertiary alicyclic amines) is 1. The molecule has 0 spiro atoms. The van der Waals surface area contributed by atoms with Crippen LogP contribution in [0.5, 0.6) is 0 Å². The zero-order chi connectivity index (χ0) is 27.8. The van der Waals surface area contributed by atoms with E-state index < -0.39 is 0 Å². The third-order valence-corrected chi connectivity index (χ3v) is 8.87. The third-order valence-electron chi connectivity index (χ3n) is 8.87. The number of nitrogen functional groups attached to an aromatic ring is 1. The van der Waals surface area contributed by atoms with Gasteiger partial charge in [-0.25, -0.2) is 4.98 Å². The molecule has 4 aromatic rings. The molecular weight excluding hydrogens is 516 g/mol. The molecule has 2 aromatic carbocycles. The Hall–Kier alpha value is -3.73. The second kappa shape index (κ2) is 11.3. The fraction of sp³-hybridized carbons (Fsp3) is 0.452. The van der Waals surface area contributed by atoms with Crippen LogP contribution < -0.4 is 16.0 Å². The third kappa shape index (κ3) is 5.23. The molecule has 3 aliphatic rings. The number of nitrogens with zero attached hydrogens (tertiary/aromatic N) is 6. The van der Waals surface area contributed by atoms with Crippen LogP contribution in [0.15, 0.2) is 54.6 Å². The van der Waals surface area contributed by atoms with Crippen LogP contribution in [0, 0.1) is 5.92 Å². The van der Waals surface area contributed by atoms with E-state index in [4.69, 9.17) is 30.2 Å². The highest BCUT2D eigenvalue weighted by atomic mass is 16.5. The number of ether oxygens (including phenoxy) is 2. The van der Waals surface area contributed by atoms with Crippen LogP contribution in [0.25, 0.3) is 11.2 Å². The molecule has 0 amide bonds. The zero-order valence-electron chi connectivity index (χ0n) is 23.6. The lowest BCUT2D eigenvalue weighted by Gasteiger charge is -2.45. The van der Waals surface area contributed by atoms with Gasteiger partial charge in [-0.1, -0.05) is 42.5 Å². The summed E-state index contributed by atoms with van der Waals surface area (Å²) in [6.07, 6.45) is 2.68. The molecule has 3 unspecified atom stereocenters. The minimum atomic E-state index is 0.383. The maximum atomic E-state index is 6.22. The van der Waals surface area contributed by atoms with Gasteiger partial charge >= 0.3 is 0 Å². The van der Waals surface area contributed by atoms with Crippen molar-refractivity contribution in [3.05, 3.63) is 66.0 Å². The Kier molecular flexibility index (Phi) is 7.20. The Morgan fingerprint density at radius 2 is 1.71 bits per heavy atom. The van der Waals surface area contributed by atoms with Crippen molar-refractivity contribution < 1.29 is 9.47 Å². The first-order valence-electron chi connectivity index (χ1n) is 14.7. The van der Waals surface area contributed by atoms with Gasteiger partial charge in [-0.15, -0.1) is 0 Å². The van der Waals surface area contributed by atoms with Gasteiger partial charge in [-0.3, -0.25) is 4.90 Å². The predicted molar refractivity (Wildman–Crippen MR) is 160 cm³/mol. The van der Waals surface area contributed by atoms with E-state index in [1.54, 1.807) is 0 Å². The number of imidazole rings is 1. The molecule has 10 nitrogen and oxygen atoms in total. The highest BCUT2D eigenvalue weighted by Crippen LogP contribution is 2.40. The lowest BCUT2D eigenvalue weighted by molar-refractivity contribution is -0.103. The number of morpholine rings is 1. The van der Waals surface area contributed by atoms with E-state index in [0.29, 0.717) is 42.8 Å². The van der Waals surface area contributed by atoms with Crippen molar-refractivity contribution >= 4 is 34.3 Å². The van der Waals surface area contributed by atoms with Crippen LogP contribution in [0.4, 0.5) is 23.1 Å². The van der Waals surface area contributed by atoms with E-state index in [-0.39, 0.29) is 0 Å². The second-order valence-corrected chi connectivity index (χ2v) is 11.3. The summed E-state index contributed by atoms with van der Waals surface area (Å²) in [7, 11) is 2.06. The molecule has 3 saturated heterocycles. The van der Waals surface area contributed by atoms with Gasteiger partial charge in [0, 0.05) is 39.2 Å². The van der Waals surface area contributed by atoms with Gasteiger partial charge in [0.25, 0.3) is 0 Å². The van der Waals surface area contributed by atoms with E-state index >= 15 is 0 Å². The summed E-state index contributed by atoms with van der Waals surface area (Å²) < 4.78 is 13.7. The highest BCUT2D eigenvalue weighted by Gasteiger charge is 2.39. The van der Waals surface area contributed by atoms with Crippen molar-refractivity contribution in [2.45, 2.75) is 31.4 Å². The number of hydrogen-bond donors (Lipinski definition) is 2. The van der Waals surface area contributed by atoms with Gasteiger partial charge in [0.15, 0.2) is 17.0 Å². The molecule has 3 aliphatic heterocycles. The number of piperidine rings is 1. The topological polar surface area (TPSA) is 107 Å². The van der Waals surface area contributed by atoms with E-state index in [1.807, 2.05) is 24.3 Å². The standard InChI is InChI=1S/C31H38N8O2/c1-37-27(20-38-13-11-22(26-12-16-41-26)23(19-38)21-7-3-2-4-8-21)34-28-29(37)35-31(33-25-10-6-5-9-24(25)32)36-30(28)39-14-17-40-18-15-39/h2-10,22-23,26H,11-20,32H2,1H3,(H,33,35,36). The van der Waals surface area contributed by atoms with Gasteiger partial charge < -0.3 is 30.0 Å². The van der Waals surface area contributed by atoms with Gasteiger partial charge in [0.2, 0.25) is 5.95 Å². The molecule has 3 atom stereocenters. The Balaban J connectivity index is 1.20. The van der Waals surface area contributed by atoms with Crippen LogP contribution in [0.1, 0.15) is 30.1 Å². The smallest absolute Gasteiger partial charge is 0.231 e. The summed E-state index contributed by atoms with van der Waals surface area (Å²) in [6.45, 7) is 6.53. The van der Waals surface area contributed by atoms with Gasteiger partial charge in [-0.2, -0.15) is 9.97 Å². The Morgan fingerprint density at radius 3 is 2.46 bits per heavy atom. The first-order chi connectivity index (χ1) is 20.1. The number of rotatable bonds is 7. The molecule has 0 bridgehead atoms. The minimum absolute atomic E-state index is 0.383. The molecule has 3 fully saturated rings. The predicted octanol–water partition coefficient (Wildman–Crippen LogP) is 3.92. The number of anilines is 4. The van der Waals surface area contributed by atoms with Crippen molar-refractivity contribution in [1.29, 1.82) is 0 Å². The SMILES string of the molecule is Cn1c(CN2CCC(C3CCO3)C(c3ccccc3)C2)nc2c(N3CCOCC3)nc(Nc3ccccc3N)nc21. The molecule has 214 valence electrons. The Labute approximate surface area is 240 Å². The van der Waals surface area contributed by atoms with Crippen molar-refractivity contribution in [3.8, 4) is 0 Å². The first-order valence-corrected chi connectivity index (χ1v) is 14.7. The lowest BCUT2D eigenvalue weighted by Crippen LogP contribution is -2.47. The Bertz CT molecular complexity index is 1500. The Morgan fingerprint density at radius 1 is 0.927 bits per heavy atom. The van der Waals surface area contributed by atoms with Crippen molar-refractivity contribution in [1.82, 2.24) is 24.4 Å². The summed E-state index contributed by atoms with van der Waals surface area (Å²) in [6, 6.07) is 18.6. The van der Waals surface area contributed by atoms with Crippen LogP contribution in [0.3, 0.4) is 0 Å². The fourth-order valence-electron chi connectivity index (χ4n) is 6.49. The average Bonchev–Trinajstić information content (AvgIpc) is 3.29. The van der Waals surface area contributed by atoms with E-state index in [2.05, 4.69) is 57.1 Å². The monoisotopic (exact) mass is 554 g/mol. The number of nitrogens with one attached hydrogen (secondary N) is 1. The number of hydrogen-bond acceptors (Lipinski definition) is 9. The van der Waals surface area contributed by atoms with Gasteiger partial charge in [0.05, 0.1) is 37.2 Å².